The molecule has 0 bridgehead atoms. The van der Waals surface area contributed by atoms with Crippen LogP contribution in [0.15, 0.2) is 72.8 Å². The molecule has 1 heterocycles. The summed E-state index contributed by atoms with van der Waals surface area (Å²) in [5, 5.41) is 3.27. The van der Waals surface area contributed by atoms with Crippen LogP contribution in [0.4, 0.5) is 22.7 Å². The number of nitrogens with zero attached hydrogens (tertiary/aromatic N) is 1. The fourth-order valence-corrected chi connectivity index (χ4v) is 3.01. The molecule has 4 rings (SSSR count). The number of hydrogen-bond acceptors (Lipinski definition) is 6. The Hall–Kier alpha value is -3.68. The molecule has 0 unspecified atom stereocenters. The summed E-state index contributed by atoms with van der Waals surface area (Å²) in [4.78, 5) is 35.8. The highest BCUT2D eigenvalue weighted by Crippen LogP contribution is 2.31. The smallest absolute Gasteiger partial charge is 0.266 e. The molecule has 0 aliphatic carbocycles. The molecule has 7 heteroatoms. The molecule has 0 radical (unpaired) electrons. The molecule has 0 spiro atoms. The lowest BCUT2D eigenvalue weighted by Gasteiger charge is -2.15. The van der Waals surface area contributed by atoms with Gasteiger partial charge in [-0.15, -0.1) is 4.99 Å². The molecule has 0 atom stereocenters. The lowest BCUT2D eigenvalue weighted by molar-refractivity contribution is -0.248. The van der Waals surface area contributed by atoms with Crippen molar-refractivity contribution in [3.05, 3.63) is 83.9 Å². The minimum atomic E-state index is -0.384. The molecular formula is C21H17N3O4. The van der Waals surface area contributed by atoms with E-state index < -0.39 is 0 Å². The Morgan fingerprint density at radius 3 is 2.11 bits per heavy atom. The van der Waals surface area contributed by atoms with Crippen LogP contribution in [0.1, 0.15) is 20.7 Å². The van der Waals surface area contributed by atoms with E-state index in [9.17, 15) is 9.59 Å². The van der Waals surface area contributed by atoms with E-state index in [1.54, 1.807) is 30.3 Å². The van der Waals surface area contributed by atoms with Gasteiger partial charge in [0.1, 0.15) is 0 Å². The zero-order chi connectivity index (χ0) is 19.5. The minimum Gasteiger partial charge on any atom is -0.356 e. The maximum atomic E-state index is 12.8. The third-order valence-corrected chi connectivity index (χ3v) is 4.32. The van der Waals surface area contributed by atoms with Gasteiger partial charge in [-0.2, -0.15) is 0 Å². The third kappa shape index (κ3) is 3.32. The molecule has 1 aliphatic rings. The lowest BCUT2D eigenvalue weighted by Crippen LogP contribution is -2.29. The first kappa shape index (κ1) is 17.7. The van der Waals surface area contributed by atoms with Crippen molar-refractivity contribution >= 4 is 34.6 Å². The number of fused-ring (bicyclic) bond motifs is 1. The van der Waals surface area contributed by atoms with Gasteiger partial charge in [0.15, 0.2) is 0 Å². The maximum Gasteiger partial charge on any atom is 0.266 e. The van der Waals surface area contributed by atoms with Crippen molar-refractivity contribution in [3.8, 4) is 0 Å². The van der Waals surface area contributed by atoms with Gasteiger partial charge in [-0.1, -0.05) is 18.2 Å². The number of carbonyl (C=O) groups excluding carboxylic acids is 2. The van der Waals surface area contributed by atoms with Crippen LogP contribution in [0, 0.1) is 0 Å². The first-order chi connectivity index (χ1) is 13.7. The molecule has 7 nitrogen and oxygen atoms in total. The fourth-order valence-electron chi connectivity index (χ4n) is 3.01. The number of nitrogens with one attached hydrogen (secondary N) is 2. The van der Waals surface area contributed by atoms with E-state index in [1.165, 1.54) is 7.11 Å². The number of benzene rings is 3. The molecule has 140 valence electrons. The van der Waals surface area contributed by atoms with Crippen LogP contribution in [-0.4, -0.2) is 18.9 Å². The van der Waals surface area contributed by atoms with Crippen molar-refractivity contribution in [3.63, 3.8) is 0 Å². The Morgan fingerprint density at radius 2 is 1.39 bits per heavy atom. The number of imide groups is 1. The first-order valence-corrected chi connectivity index (χ1v) is 8.58. The van der Waals surface area contributed by atoms with Gasteiger partial charge in [0.05, 0.1) is 29.6 Å². The normalized spacial score (nSPS) is 12.8. The van der Waals surface area contributed by atoms with Crippen molar-refractivity contribution in [2.75, 3.05) is 22.8 Å². The van der Waals surface area contributed by atoms with E-state index in [0.29, 0.717) is 22.5 Å². The second-order valence-corrected chi connectivity index (χ2v) is 6.10. The quantitative estimate of drug-likeness (QED) is 0.383. The van der Waals surface area contributed by atoms with Gasteiger partial charge < -0.3 is 5.32 Å². The predicted molar refractivity (Wildman–Crippen MR) is 105 cm³/mol. The summed E-state index contributed by atoms with van der Waals surface area (Å²) in [5.74, 6) is -0.743. The monoisotopic (exact) mass is 375 g/mol. The summed E-state index contributed by atoms with van der Waals surface area (Å²) < 4.78 is 0. The van der Waals surface area contributed by atoms with Crippen LogP contribution in [0.3, 0.4) is 0 Å². The number of para-hydroxylation sites is 1. The average Bonchev–Trinajstić information content (AvgIpc) is 2.98. The van der Waals surface area contributed by atoms with Crippen molar-refractivity contribution in [1.29, 1.82) is 0 Å². The molecule has 28 heavy (non-hydrogen) atoms. The first-order valence-electron chi connectivity index (χ1n) is 8.58. The number of anilines is 4. The van der Waals surface area contributed by atoms with Crippen molar-refractivity contribution in [2.24, 2.45) is 0 Å². The molecule has 1 aliphatic heterocycles. The van der Waals surface area contributed by atoms with Crippen LogP contribution in [0.2, 0.25) is 0 Å². The van der Waals surface area contributed by atoms with Crippen LogP contribution in [0.5, 0.6) is 0 Å². The molecule has 0 fully saturated rings. The van der Waals surface area contributed by atoms with Crippen molar-refractivity contribution in [1.82, 2.24) is 0 Å². The molecular weight excluding hydrogens is 358 g/mol. The van der Waals surface area contributed by atoms with Gasteiger partial charge in [-0.05, 0) is 54.6 Å². The van der Waals surface area contributed by atoms with Crippen LogP contribution < -0.4 is 15.7 Å². The van der Waals surface area contributed by atoms with Gasteiger partial charge in [-0.25, -0.2) is 15.3 Å². The zero-order valence-electron chi connectivity index (χ0n) is 15.0. The Balaban J connectivity index is 1.55. The summed E-state index contributed by atoms with van der Waals surface area (Å²) in [6, 6.07) is 21.6. The summed E-state index contributed by atoms with van der Waals surface area (Å²) >= 11 is 0. The Bertz CT molecular complexity index is 1020. The SMILES string of the molecule is COONc1ccc2c(c1)C(=O)N(c1ccc(Nc3ccccc3)cc1)C2=O. The van der Waals surface area contributed by atoms with E-state index in [2.05, 4.69) is 20.7 Å². The Labute approximate surface area is 161 Å². The standard InChI is InChI=1S/C21H17N3O4/c1-27-28-23-16-9-12-18-19(13-16)21(26)24(20(18)25)17-10-7-15(8-11-17)22-14-5-3-2-4-6-14/h2-13,22-23H,1H3. The molecule has 3 aromatic rings. The van der Waals surface area contributed by atoms with Gasteiger partial charge in [0.2, 0.25) is 0 Å². The number of carbonyl (C=O) groups is 2. The highest BCUT2D eigenvalue weighted by molar-refractivity contribution is 6.34. The van der Waals surface area contributed by atoms with Crippen LogP contribution in [0.25, 0.3) is 0 Å². The largest absolute Gasteiger partial charge is 0.356 e. The summed E-state index contributed by atoms with van der Waals surface area (Å²) in [6.07, 6.45) is 0. The minimum absolute atomic E-state index is 0.307. The maximum absolute atomic E-state index is 12.8. The van der Waals surface area contributed by atoms with E-state index in [-0.39, 0.29) is 11.8 Å². The summed E-state index contributed by atoms with van der Waals surface area (Å²) in [6.45, 7) is 0. The van der Waals surface area contributed by atoms with E-state index in [4.69, 9.17) is 0 Å². The Morgan fingerprint density at radius 1 is 0.750 bits per heavy atom. The lowest BCUT2D eigenvalue weighted by atomic mass is 10.1. The average molecular weight is 375 g/mol. The molecule has 2 N–H and O–H groups in total. The predicted octanol–water partition coefficient (Wildman–Crippen LogP) is 4.14. The van der Waals surface area contributed by atoms with Gasteiger partial charge >= 0.3 is 0 Å². The molecule has 0 saturated carbocycles. The van der Waals surface area contributed by atoms with Gasteiger partial charge in [0, 0.05) is 11.4 Å². The van der Waals surface area contributed by atoms with Gasteiger partial charge in [-0.3, -0.25) is 9.59 Å². The molecule has 2 amide bonds. The highest BCUT2D eigenvalue weighted by atomic mass is 17.3. The summed E-state index contributed by atoms with van der Waals surface area (Å²) in [7, 11) is 1.35. The fraction of sp³-hybridized carbons (Fsp3) is 0.0476. The number of amides is 2. The van der Waals surface area contributed by atoms with Crippen molar-refractivity contribution in [2.45, 2.75) is 0 Å². The zero-order valence-corrected chi connectivity index (χ0v) is 15.0. The number of rotatable bonds is 6. The van der Waals surface area contributed by atoms with E-state index in [0.717, 1.165) is 16.3 Å². The van der Waals surface area contributed by atoms with Crippen molar-refractivity contribution < 1.29 is 19.5 Å². The van der Waals surface area contributed by atoms with Crippen LogP contribution >= 0.6 is 0 Å². The van der Waals surface area contributed by atoms with Gasteiger partial charge in [0.25, 0.3) is 11.8 Å². The van der Waals surface area contributed by atoms with E-state index >= 15 is 0 Å². The topological polar surface area (TPSA) is 79.9 Å². The Kier molecular flexibility index (Phi) is 4.76. The number of hydrogen-bond donors (Lipinski definition) is 2. The highest BCUT2D eigenvalue weighted by Gasteiger charge is 2.36. The molecule has 3 aromatic carbocycles. The van der Waals surface area contributed by atoms with E-state index in [1.807, 2.05) is 42.5 Å². The summed E-state index contributed by atoms with van der Waals surface area (Å²) in [5.41, 5.74) is 6.01. The van der Waals surface area contributed by atoms with Crippen LogP contribution in [-0.2, 0) is 9.88 Å². The third-order valence-electron chi connectivity index (χ3n) is 4.32. The second-order valence-electron chi connectivity index (χ2n) is 6.10. The molecule has 0 saturated heterocycles. The second kappa shape index (κ2) is 7.51. The molecule has 0 aromatic heterocycles.